The maximum Gasteiger partial charge on any atom is 0.239 e. The molecule has 156 valence electrons. The van der Waals surface area contributed by atoms with Crippen molar-refractivity contribution in [3.05, 3.63) is 72.3 Å². The molecule has 2 aliphatic heterocycles. The summed E-state index contributed by atoms with van der Waals surface area (Å²) in [4.78, 5) is 8.30. The topological polar surface area (TPSA) is 82.3 Å². The van der Waals surface area contributed by atoms with Crippen molar-refractivity contribution in [3.63, 3.8) is 0 Å². The molecule has 2 aliphatic rings. The van der Waals surface area contributed by atoms with E-state index < -0.39 is 11.4 Å². The first-order chi connectivity index (χ1) is 14.8. The summed E-state index contributed by atoms with van der Waals surface area (Å²) in [6.45, 7) is 6.45. The van der Waals surface area contributed by atoms with Gasteiger partial charge in [-0.1, -0.05) is 30.2 Å². The second kappa shape index (κ2) is 6.89. The third-order valence-electron chi connectivity index (χ3n) is 5.44. The van der Waals surface area contributed by atoms with Gasteiger partial charge in [-0.05, 0) is 50.5 Å². The third kappa shape index (κ3) is 3.47. The summed E-state index contributed by atoms with van der Waals surface area (Å²) in [5.74, 6) is 6.56. The Kier molecular flexibility index (Phi) is 4.38. The van der Waals surface area contributed by atoms with Crippen LogP contribution in [-0.4, -0.2) is 22.4 Å². The van der Waals surface area contributed by atoms with E-state index >= 15 is 0 Å². The predicted octanol–water partition coefficient (Wildman–Crippen LogP) is 3.77. The lowest BCUT2D eigenvalue weighted by Crippen LogP contribution is -2.56. The standard InChI is InChI=1S/C25H24N4O2/c1-23(2,3)10-11-25(26)29-24(15-30-25)19-6-4-5-7-21(19)31-22-9-8-17(12-20(22)24)18-13-27-16-28-14-18/h4-9,12-14,16,29H,15,26H2,1-3H3. The molecule has 1 aromatic heterocycles. The fraction of sp³-hybridized carbons (Fsp3) is 0.280. The minimum absolute atomic E-state index is 0.195. The minimum atomic E-state index is -1.28. The van der Waals surface area contributed by atoms with E-state index in [1.807, 2.05) is 57.2 Å². The summed E-state index contributed by atoms with van der Waals surface area (Å²) in [6.07, 6.45) is 5.10. The highest BCUT2D eigenvalue weighted by atomic mass is 16.5. The Labute approximate surface area is 181 Å². The van der Waals surface area contributed by atoms with Crippen LogP contribution in [0.1, 0.15) is 31.9 Å². The van der Waals surface area contributed by atoms with E-state index in [1.165, 1.54) is 6.33 Å². The van der Waals surface area contributed by atoms with Crippen molar-refractivity contribution >= 4 is 0 Å². The second-order valence-corrected chi connectivity index (χ2v) is 8.99. The fourth-order valence-corrected chi connectivity index (χ4v) is 4.00. The number of hydrogen-bond acceptors (Lipinski definition) is 6. The molecule has 3 heterocycles. The van der Waals surface area contributed by atoms with Gasteiger partial charge in [-0.2, -0.15) is 0 Å². The Morgan fingerprint density at radius 3 is 2.52 bits per heavy atom. The van der Waals surface area contributed by atoms with Crippen LogP contribution in [0.3, 0.4) is 0 Å². The van der Waals surface area contributed by atoms with Crippen LogP contribution in [0.4, 0.5) is 0 Å². The van der Waals surface area contributed by atoms with Crippen LogP contribution in [-0.2, 0) is 10.3 Å². The molecule has 2 atom stereocenters. The number of aromatic nitrogens is 2. The molecule has 0 bridgehead atoms. The molecule has 2 unspecified atom stereocenters. The van der Waals surface area contributed by atoms with Gasteiger partial charge in [-0.15, -0.1) is 0 Å². The molecule has 1 fully saturated rings. The highest BCUT2D eigenvalue weighted by molar-refractivity contribution is 5.68. The highest BCUT2D eigenvalue weighted by Gasteiger charge is 2.52. The highest BCUT2D eigenvalue weighted by Crippen LogP contribution is 2.50. The molecule has 0 saturated carbocycles. The molecule has 1 saturated heterocycles. The van der Waals surface area contributed by atoms with E-state index in [0.29, 0.717) is 6.61 Å². The Morgan fingerprint density at radius 1 is 1.00 bits per heavy atom. The molecule has 2 aromatic carbocycles. The summed E-state index contributed by atoms with van der Waals surface area (Å²) in [6, 6.07) is 14.0. The van der Waals surface area contributed by atoms with Crippen molar-refractivity contribution in [2.24, 2.45) is 11.1 Å². The zero-order valence-electron chi connectivity index (χ0n) is 17.8. The summed E-state index contributed by atoms with van der Waals surface area (Å²) in [5.41, 5.74) is 9.49. The number of ether oxygens (including phenoxy) is 2. The van der Waals surface area contributed by atoms with Gasteiger partial charge in [-0.25, -0.2) is 15.3 Å². The molecule has 3 aromatic rings. The van der Waals surface area contributed by atoms with E-state index in [9.17, 15) is 0 Å². The number of benzene rings is 2. The van der Waals surface area contributed by atoms with Crippen molar-refractivity contribution in [1.82, 2.24) is 15.3 Å². The molecule has 3 N–H and O–H groups in total. The van der Waals surface area contributed by atoms with Crippen LogP contribution in [0.5, 0.6) is 11.5 Å². The molecule has 31 heavy (non-hydrogen) atoms. The first kappa shape index (κ1) is 19.7. The molecular weight excluding hydrogens is 388 g/mol. The van der Waals surface area contributed by atoms with E-state index in [0.717, 1.165) is 33.8 Å². The van der Waals surface area contributed by atoms with Crippen LogP contribution in [0.15, 0.2) is 61.2 Å². The van der Waals surface area contributed by atoms with Crippen molar-refractivity contribution in [1.29, 1.82) is 0 Å². The summed E-state index contributed by atoms with van der Waals surface area (Å²) in [7, 11) is 0. The lowest BCUT2D eigenvalue weighted by Gasteiger charge is -2.37. The Morgan fingerprint density at radius 2 is 1.74 bits per heavy atom. The Balaban J connectivity index is 1.66. The average Bonchev–Trinajstić information content (AvgIpc) is 3.11. The zero-order valence-corrected chi connectivity index (χ0v) is 17.8. The lowest BCUT2D eigenvalue weighted by atomic mass is 9.80. The molecular formula is C25H24N4O2. The van der Waals surface area contributed by atoms with E-state index in [4.69, 9.17) is 15.2 Å². The van der Waals surface area contributed by atoms with Gasteiger partial charge in [0, 0.05) is 34.5 Å². The molecule has 0 aliphatic carbocycles. The summed E-state index contributed by atoms with van der Waals surface area (Å²) < 4.78 is 12.3. The van der Waals surface area contributed by atoms with E-state index in [1.54, 1.807) is 12.4 Å². The minimum Gasteiger partial charge on any atom is -0.457 e. The monoisotopic (exact) mass is 412 g/mol. The number of nitrogens with one attached hydrogen (secondary N) is 1. The molecule has 5 rings (SSSR count). The van der Waals surface area contributed by atoms with Gasteiger partial charge < -0.3 is 9.47 Å². The number of rotatable bonds is 1. The van der Waals surface area contributed by atoms with Crippen molar-refractivity contribution in [3.8, 4) is 34.5 Å². The van der Waals surface area contributed by atoms with Crippen LogP contribution < -0.4 is 15.8 Å². The van der Waals surface area contributed by atoms with Gasteiger partial charge >= 0.3 is 0 Å². The van der Waals surface area contributed by atoms with Gasteiger partial charge in [0.05, 0.1) is 6.61 Å². The van der Waals surface area contributed by atoms with Gasteiger partial charge in [0.15, 0.2) is 0 Å². The molecule has 0 amide bonds. The van der Waals surface area contributed by atoms with Gasteiger partial charge in [-0.3, -0.25) is 5.73 Å². The summed E-state index contributed by atoms with van der Waals surface area (Å²) >= 11 is 0. The number of nitrogens with zero attached hydrogens (tertiary/aromatic N) is 2. The molecule has 1 spiro atoms. The Hall–Kier alpha value is -3.24. The molecule has 0 radical (unpaired) electrons. The first-order valence-electron chi connectivity index (χ1n) is 10.2. The van der Waals surface area contributed by atoms with Crippen molar-refractivity contribution in [2.75, 3.05) is 6.61 Å². The maximum atomic E-state index is 6.57. The SMILES string of the molecule is CC(C)(C)C#CC1(N)NC2(CO1)c1ccccc1Oc1ccc(-c3cncnc3)cc12. The quantitative estimate of drug-likeness (QED) is 0.592. The number of nitrogens with two attached hydrogens (primary N) is 1. The van der Waals surface area contributed by atoms with E-state index in [-0.39, 0.29) is 5.41 Å². The number of para-hydroxylation sites is 1. The van der Waals surface area contributed by atoms with Gasteiger partial charge in [0.25, 0.3) is 0 Å². The smallest absolute Gasteiger partial charge is 0.239 e. The number of fused-ring (bicyclic) bond motifs is 4. The van der Waals surface area contributed by atoms with Crippen LogP contribution in [0.25, 0.3) is 11.1 Å². The predicted molar refractivity (Wildman–Crippen MR) is 118 cm³/mol. The normalized spacial score (nSPS) is 24.0. The molecule has 6 heteroatoms. The number of hydrogen-bond donors (Lipinski definition) is 2. The average molecular weight is 412 g/mol. The molecule has 6 nitrogen and oxygen atoms in total. The second-order valence-electron chi connectivity index (χ2n) is 8.99. The zero-order chi connectivity index (χ0) is 21.7. The van der Waals surface area contributed by atoms with E-state index in [2.05, 4.69) is 33.2 Å². The fourth-order valence-electron chi connectivity index (χ4n) is 4.00. The summed E-state index contributed by atoms with van der Waals surface area (Å²) in [5, 5.41) is 3.52. The maximum absolute atomic E-state index is 6.57. The van der Waals surface area contributed by atoms with Gasteiger partial charge in [0.2, 0.25) is 5.85 Å². The Bertz CT molecular complexity index is 1210. The van der Waals surface area contributed by atoms with Crippen LogP contribution >= 0.6 is 0 Å². The van der Waals surface area contributed by atoms with Crippen LogP contribution in [0.2, 0.25) is 0 Å². The first-order valence-corrected chi connectivity index (χ1v) is 10.2. The largest absolute Gasteiger partial charge is 0.457 e. The third-order valence-corrected chi connectivity index (χ3v) is 5.44. The van der Waals surface area contributed by atoms with Crippen molar-refractivity contribution in [2.45, 2.75) is 32.2 Å². The lowest BCUT2D eigenvalue weighted by molar-refractivity contribution is 0.0455. The van der Waals surface area contributed by atoms with Gasteiger partial charge in [0.1, 0.15) is 23.4 Å². The van der Waals surface area contributed by atoms with Crippen molar-refractivity contribution < 1.29 is 9.47 Å². The van der Waals surface area contributed by atoms with Crippen LogP contribution in [0, 0.1) is 17.3 Å².